The number of nitrogens with one attached hydrogen (secondary N) is 1. The first-order chi connectivity index (χ1) is 16.9. The number of carbonyl (C=O) groups is 1. The first-order valence-corrected chi connectivity index (χ1v) is 11.9. The van der Waals surface area contributed by atoms with Gasteiger partial charge in [-0.15, -0.1) is 13.2 Å². The lowest BCUT2D eigenvalue weighted by atomic mass is 9.75. The van der Waals surface area contributed by atoms with Gasteiger partial charge in [0, 0.05) is 31.9 Å². The summed E-state index contributed by atoms with van der Waals surface area (Å²) in [5.41, 5.74) is 2.39. The minimum Gasteiger partial charge on any atom is -0.484 e. The van der Waals surface area contributed by atoms with Gasteiger partial charge in [0.1, 0.15) is 11.5 Å². The second kappa shape index (κ2) is 9.91. The SMILES string of the molecule is CN(C)C(=O)COc1ccc2c(c1)nc(Nc1ccc(OC(F)(F)F)cc1)n2[C@H]1CCCC(C)(C)C1. The maximum absolute atomic E-state index is 12.5. The maximum atomic E-state index is 12.5. The molecule has 10 heteroatoms. The first-order valence-electron chi connectivity index (χ1n) is 11.9. The van der Waals surface area contributed by atoms with Crippen molar-refractivity contribution in [2.24, 2.45) is 5.41 Å². The number of imidazole rings is 1. The summed E-state index contributed by atoms with van der Waals surface area (Å²) in [5, 5.41) is 3.27. The third-order valence-electron chi connectivity index (χ3n) is 6.41. The third kappa shape index (κ3) is 6.22. The molecule has 0 bridgehead atoms. The Kier molecular flexibility index (Phi) is 7.06. The predicted molar refractivity (Wildman–Crippen MR) is 132 cm³/mol. The number of amides is 1. The van der Waals surface area contributed by atoms with E-state index in [1.54, 1.807) is 20.2 Å². The fourth-order valence-corrected chi connectivity index (χ4v) is 4.65. The van der Waals surface area contributed by atoms with Gasteiger partial charge in [-0.1, -0.05) is 20.3 Å². The van der Waals surface area contributed by atoms with Crippen LogP contribution < -0.4 is 14.8 Å². The number of fused-ring (bicyclic) bond motifs is 1. The summed E-state index contributed by atoms with van der Waals surface area (Å²) in [4.78, 5) is 18.2. The molecule has 1 aliphatic rings. The average molecular weight is 505 g/mol. The van der Waals surface area contributed by atoms with E-state index in [0.717, 1.165) is 31.2 Å². The molecule has 0 spiro atoms. The monoisotopic (exact) mass is 504 g/mol. The zero-order valence-corrected chi connectivity index (χ0v) is 20.9. The summed E-state index contributed by atoms with van der Waals surface area (Å²) in [6, 6.07) is 11.3. The molecule has 1 atom stereocenters. The van der Waals surface area contributed by atoms with Crippen molar-refractivity contribution < 1.29 is 27.4 Å². The number of halogens is 3. The van der Waals surface area contributed by atoms with Crippen LogP contribution in [0.25, 0.3) is 11.0 Å². The van der Waals surface area contributed by atoms with Gasteiger partial charge in [0.15, 0.2) is 6.61 Å². The summed E-state index contributed by atoms with van der Waals surface area (Å²) in [5.74, 6) is 0.695. The number of benzene rings is 2. The highest BCUT2D eigenvalue weighted by atomic mass is 19.4. The smallest absolute Gasteiger partial charge is 0.484 e. The summed E-state index contributed by atoms with van der Waals surface area (Å²) in [6.45, 7) is 4.45. The molecule has 1 N–H and O–H groups in total. The molecule has 1 heterocycles. The van der Waals surface area contributed by atoms with Gasteiger partial charge in [-0.25, -0.2) is 4.98 Å². The van der Waals surface area contributed by atoms with E-state index in [9.17, 15) is 18.0 Å². The number of alkyl halides is 3. The second-order valence-electron chi connectivity index (χ2n) is 10.1. The molecule has 36 heavy (non-hydrogen) atoms. The molecule has 1 aromatic heterocycles. The molecule has 4 rings (SSSR count). The molecule has 7 nitrogen and oxygen atoms in total. The number of likely N-dealkylation sites (N-methyl/N-ethyl adjacent to an activating group) is 1. The summed E-state index contributed by atoms with van der Waals surface area (Å²) >= 11 is 0. The topological polar surface area (TPSA) is 68.6 Å². The van der Waals surface area contributed by atoms with E-state index in [1.807, 2.05) is 12.1 Å². The number of anilines is 2. The van der Waals surface area contributed by atoms with Crippen molar-refractivity contribution in [1.29, 1.82) is 0 Å². The Morgan fingerprint density at radius 1 is 1.17 bits per heavy atom. The second-order valence-corrected chi connectivity index (χ2v) is 10.1. The number of rotatable bonds is 7. The minimum absolute atomic E-state index is 0.0759. The number of nitrogens with zero attached hydrogens (tertiary/aromatic N) is 3. The largest absolute Gasteiger partial charge is 0.573 e. The zero-order valence-electron chi connectivity index (χ0n) is 20.9. The van der Waals surface area contributed by atoms with Gasteiger partial charge in [0.25, 0.3) is 5.91 Å². The van der Waals surface area contributed by atoms with Crippen LogP contribution in [-0.4, -0.2) is 47.4 Å². The molecule has 0 unspecified atom stereocenters. The molecule has 1 fully saturated rings. The van der Waals surface area contributed by atoms with Crippen LogP contribution in [0.4, 0.5) is 24.8 Å². The van der Waals surface area contributed by atoms with E-state index in [1.165, 1.54) is 29.2 Å². The summed E-state index contributed by atoms with van der Waals surface area (Å²) in [6.07, 6.45) is -0.530. The van der Waals surface area contributed by atoms with E-state index in [2.05, 4.69) is 28.5 Å². The normalized spacial score (nSPS) is 17.6. The van der Waals surface area contributed by atoms with E-state index in [0.29, 0.717) is 22.9 Å². The Bertz CT molecular complexity index is 1220. The van der Waals surface area contributed by atoms with Gasteiger partial charge in [0.05, 0.1) is 11.0 Å². The molecule has 2 aromatic carbocycles. The highest BCUT2D eigenvalue weighted by Gasteiger charge is 2.32. The van der Waals surface area contributed by atoms with Gasteiger partial charge < -0.3 is 24.3 Å². The van der Waals surface area contributed by atoms with E-state index >= 15 is 0 Å². The predicted octanol–water partition coefficient (Wildman–Crippen LogP) is 6.29. The third-order valence-corrected chi connectivity index (χ3v) is 6.41. The molecular formula is C26H31F3N4O3. The van der Waals surface area contributed by atoms with Crippen LogP contribution >= 0.6 is 0 Å². The molecule has 0 radical (unpaired) electrons. The minimum atomic E-state index is -4.74. The number of carbonyl (C=O) groups excluding carboxylic acids is 1. The summed E-state index contributed by atoms with van der Waals surface area (Å²) in [7, 11) is 3.34. The molecule has 1 saturated carbocycles. The Morgan fingerprint density at radius 2 is 1.86 bits per heavy atom. The lowest BCUT2D eigenvalue weighted by molar-refractivity contribution is -0.274. The fourth-order valence-electron chi connectivity index (χ4n) is 4.65. The Hall–Kier alpha value is -3.43. The molecule has 194 valence electrons. The lowest BCUT2D eigenvalue weighted by Gasteiger charge is -2.36. The van der Waals surface area contributed by atoms with Crippen LogP contribution in [0.2, 0.25) is 0 Å². The Morgan fingerprint density at radius 3 is 2.50 bits per heavy atom. The number of hydrogen-bond acceptors (Lipinski definition) is 5. The zero-order chi connectivity index (χ0) is 26.1. The van der Waals surface area contributed by atoms with E-state index in [-0.39, 0.29) is 29.7 Å². The lowest BCUT2D eigenvalue weighted by Crippen LogP contribution is -2.27. The van der Waals surface area contributed by atoms with E-state index < -0.39 is 6.36 Å². The van der Waals surface area contributed by atoms with Gasteiger partial charge in [-0.05, 0) is 61.1 Å². The molecular weight excluding hydrogens is 473 g/mol. The van der Waals surface area contributed by atoms with Crippen molar-refractivity contribution in [2.75, 3.05) is 26.0 Å². The summed E-state index contributed by atoms with van der Waals surface area (Å²) < 4.78 is 49.4. The highest BCUT2D eigenvalue weighted by Crippen LogP contribution is 2.44. The van der Waals surface area contributed by atoms with Crippen LogP contribution in [-0.2, 0) is 4.79 Å². The first kappa shape index (κ1) is 25.7. The van der Waals surface area contributed by atoms with Crippen molar-refractivity contribution in [3.8, 4) is 11.5 Å². The maximum Gasteiger partial charge on any atom is 0.573 e. The van der Waals surface area contributed by atoms with Gasteiger partial charge in [0.2, 0.25) is 5.95 Å². The number of aromatic nitrogens is 2. The van der Waals surface area contributed by atoms with Crippen molar-refractivity contribution in [3.63, 3.8) is 0 Å². The standard InChI is InChI=1S/C26H31F3N4O3/c1-25(2)13-5-6-18(15-25)33-22-12-11-20(35-16-23(34)32(3)4)14-21(22)31-24(33)30-17-7-9-19(10-8-17)36-26(27,28)29/h7-12,14,18H,5-6,13,15-16H2,1-4H3,(H,30,31)/t18-/m0/s1. The van der Waals surface area contributed by atoms with Crippen LogP contribution in [0, 0.1) is 5.41 Å². The molecule has 1 aliphatic carbocycles. The fraction of sp³-hybridized carbons (Fsp3) is 0.462. The van der Waals surface area contributed by atoms with Crippen molar-refractivity contribution in [3.05, 3.63) is 42.5 Å². The van der Waals surface area contributed by atoms with E-state index in [4.69, 9.17) is 9.72 Å². The van der Waals surface area contributed by atoms with Crippen molar-refractivity contribution in [2.45, 2.75) is 51.9 Å². The average Bonchev–Trinajstić information content (AvgIpc) is 3.14. The van der Waals surface area contributed by atoms with Crippen LogP contribution in [0.5, 0.6) is 11.5 Å². The number of ether oxygens (including phenoxy) is 2. The Balaban J connectivity index is 1.65. The van der Waals surface area contributed by atoms with Crippen LogP contribution in [0.1, 0.15) is 45.6 Å². The van der Waals surface area contributed by atoms with Gasteiger partial charge in [-0.2, -0.15) is 0 Å². The molecule has 0 saturated heterocycles. The van der Waals surface area contributed by atoms with Crippen LogP contribution in [0.3, 0.4) is 0 Å². The van der Waals surface area contributed by atoms with Crippen molar-refractivity contribution in [1.82, 2.24) is 14.5 Å². The Labute approximate surface area is 208 Å². The van der Waals surface area contributed by atoms with Crippen LogP contribution in [0.15, 0.2) is 42.5 Å². The highest BCUT2D eigenvalue weighted by molar-refractivity contribution is 5.82. The molecule has 0 aliphatic heterocycles. The quantitative estimate of drug-likeness (QED) is 0.410. The van der Waals surface area contributed by atoms with Crippen molar-refractivity contribution >= 4 is 28.6 Å². The molecule has 3 aromatic rings. The molecule has 1 amide bonds. The van der Waals surface area contributed by atoms with Gasteiger partial charge >= 0.3 is 6.36 Å². The number of hydrogen-bond donors (Lipinski definition) is 1. The van der Waals surface area contributed by atoms with Gasteiger partial charge in [-0.3, -0.25) is 4.79 Å².